The van der Waals surface area contributed by atoms with Gasteiger partial charge in [-0.1, -0.05) is 12.1 Å². The Morgan fingerprint density at radius 3 is 2.32 bits per heavy atom. The summed E-state index contributed by atoms with van der Waals surface area (Å²) in [5.74, 6) is -1.67. The molecule has 4 aromatic rings. The van der Waals surface area contributed by atoms with Crippen LogP contribution in [0.2, 0.25) is 0 Å². The summed E-state index contributed by atoms with van der Waals surface area (Å²) in [4.78, 5) is 26.2. The predicted molar refractivity (Wildman–Crippen MR) is 133 cm³/mol. The zero-order chi connectivity index (χ0) is 27.0. The normalized spacial score (nSPS) is 12.8. The Hall–Kier alpha value is -3.58. The fourth-order valence-electron chi connectivity index (χ4n) is 3.48. The van der Waals surface area contributed by atoms with Crippen LogP contribution in [0.1, 0.15) is 29.0 Å². The van der Waals surface area contributed by atoms with Gasteiger partial charge in [-0.3, -0.25) is 9.78 Å². The maximum Gasteiger partial charge on any atom is 0.573 e. The van der Waals surface area contributed by atoms with Crippen molar-refractivity contribution in [3.63, 3.8) is 0 Å². The standard InChI is InChI=1S/C24H18BrF3N4O4S/c1-13(30-23(33)14-9-16(36-24(26,27)28)11-17(10-14)37(2,34)35)21-22(20-8-7-15(25)12-29-20)32-19-6-4-3-5-18(19)31-21/h3-13H,1-2H3,(H,30,33)/t13-/m0/s1. The number of sulfone groups is 1. The van der Waals surface area contributed by atoms with Crippen LogP contribution in [0.15, 0.2) is 70.2 Å². The number of nitrogens with zero attached hydrogens (tertiary/aromatic N) is 3. The van der Waals surface area contributed by atoms with E-state index in [0.29, 0.717) is 34.2 Å². The van der Waals surface area contributed by atoms with Crippen LogP contribution in [-0.4, -0.2) is 41.9 Å². The molecule has 1 N–H and O–H groups in total. The summed E-state index contributed by atoms with van der Waals surface area (Å²) in [6, 6.07) is 12.3. The lowest BCUT2D eigenvalue weighted by Crippen LogP contribution is -2.28. The first-order chi connectivity index (χ1) is 17.3. The molecule has 0 spiro atoms. The summed E-state index contributed by atoms with van der Waals surface area (Å²) >= 11 is 3.33. The molecule has 37 heavy (non-hydrogen) atoms. The number of pyridine rings is 1. The second-order valence-electron chi connectivity index (χ2n) is 8.02. The highest BCUT2D eigenvalue weighted by atomic mass is 79.9. The molecule has 0 aliphatic rings. The third-order valence-electron chi connectivity index (χ3n) is 5.13. The lowest BCUT2D eigenvalue weighted by atomic mass is 10.1. The van der Waals surface area contributed by atoms with E-state index in [1.165, 1.54) is 0 Å². The smallest absolute Gasteiger partial charge is 0.406 e. The van der Waals surface area contributed by atoms with Gasteiger partial charge >= 0.3 is 6.36 Å². The molecule has 4 rings (SSSR count). The SMILES string of the molecule is C[C@H](NC(=O)c1cc(OC(F)(F)F)cc(S(C)(=O)=O)c1)c1nc2ccccc2nc1-c1ccc(Br)cn1. The fraction of sp³-hybridized carbons (Fsp3) is 0.167. The molecule has 13 heteroatoms. The van der Waals surface area contributed by atoms with E-state index in [0.717, 1.165) is 22.9 Å². The van der Waals surface area contributed by atoms with Crippen molar-refractivity contribution in [3.05, 3.63) is 76.5 Å². The number of ether oxygens (including phenoxy) is 1. The summed E-state index contributed by atoms with van der Waals surface area (Å²) in [6.45, 7) is 1.62. The number of benzene rings is 2. The van der Waals surface area contributed by atoms with Gasteiger partial charge < -0.3 is 10.1 Å². The van der Waals surface area contributed by atoms with Crippen LogP contribution in [0.4, 0.5) is 13.2 Å². The van der Waals surface area contributed by atoms with Gasteiger partial charge in [0.1, 0.15) is 11.4 Å². The molecule has 1 amide bonds. The fourth-order valence-corrected chi connectivity index (χ4v) is 4.38. The maximum atomic E-state index is 13.1. The number of hydrogen-bond acceptors (Lipinski definition) is 7. The summed E-state index contributed by atoms with van der Waals surface area (Å²) in [6.07, 6.45) is -2.69. The lowest BCUT2D eigenvalue weighted by Gasteiger charge is -2.18. The van der Waals surface area contributed by atoms with E-state index in [9.17, 15) is 26.4 Å². The molecule has 0 aliphatic heterocycles. The van der Waals surface area contributed by atoms with Crippen molar-refractivity contribution in [2.75, 3.05) is 6.26 Å². The molecular formula is C24H18BrF3N4O4S. The van der Waals surface area contributed by atoms with E-state index < -0.39 is 38.8 Å². The number of halogens is 4. The molecule has 0 aliphatic carbocycles. The summed E-state index contributed by atoms with van der Waals surface area (Å²) in [5.41, 5.74) is 2.04. The first-order valence-electron chi connectivity index (χ1n) is 10.6. The van der Waals surface area contributed by atoms with Gasteiger partial charge in [0, 0.05) is 22.5 Å². The lowest BCUT2D eigenvalue weighted by molar-refractivity contribution is -0.274. The van der Waals surface area contributed by atoms with Crippen LogP contribution in [0.25, 0.3) is 22.4 Å². The molecular weight excluding hydrogens is 577 g/mol. The van der Waals surface area contributed by atoms with Gasteiger partial charge in [0.2, 0.25) is 0 Å². The van der Waals surface area contributed by atoms with Gasteiger partial charge in [-0.25, -0.2) is 18.4 Å². The first kappa shape index (κ1) is 26.5. The van der Waals surface area contributed by atoms with Gasteiger partial charge in [0.05, 0.1) is 33.4 Å². The molecule has 0 saturated heterocycles. The molecule has 192 valence electrons. The minimum atomic E-state index is -5.08. The third-order valence-corrected chi connectivity index (χ3v) is 6.69. The topological polar surface area (TPSA) is 111 Å². The number of rotatable bonds is 6. The van der Waals surface area contributed by atoms with Crippen molar-refractivity contribution in [2.45, 2.75) is 24.2 Å². The summed E-state index contributed by atoms with van der Waals surface area (Å²) in [7, 11) is -3.95. The van der Waals surface area contributed by atoms with Crippen LogP contribution < -0.4 is 10.1 Å². The number of hydrogen-bond donors (Lipinski definition) is 1. The number of alkyl halides is 3. The van der Waals surface area contributed by atoms with Gasteiger partial charge in [-0.05, 0) is 65.3 Å². The van der Waals surface area contributed by atoms with Gasteiger partial charge in [0.15, 0.2) is 9.84 Å². The van der Waals surface area contributed by atoms with E-state index in [1.807, 2.05) is 0 Å². The van der Waals surface area contributed by atoms with Crippen LogP contribution >= 0.6 is 15.9 Å². The van der Waals surface area contributed by atoms with Gasteiger partial charge in [-0.2, -0.15) is 0 Å². The summed E-state index contributed by atoms with van der Waals surface area (Å²) < 4.78 is 67.1. The molecule has 0 fully saturated rings. The second kappa shape index (κ2) is 10.1. The molecule has 2 aromatic carbocycles. The average molecular weight is 595 g/mol. The third kappa shape index (κ3) is 6.41. The molecule has 0 unspecified atom stereocenters. The molecule has 2 aromatic heterocycles. The number of fused-ring (bicyclic) bond motifs is 1. The molecule has 0 radical (unpaired) electrons. The van der Waals surface area contributed by atoms with Crippen molar-refractivity contribution in [1.29, 1.82) is 0 Å². The maximum absolute atomic E-state index is 13.1. The highest BCUT2D eigenvalue weighted by Crippen LogP contribution is 2.29. The zero-order valence-corrected chi connectivity index (χ0v) is 21.6. The second-order valence-corrected chi connectivity index (χ2v) is 10.9. The van der Waals surface area contributed by atoms with Crippen LogP contribution in [0, 0.1) is 0 Å². The molecule has 2 heterocycles. The quantitative estimate of drug-likeness (QED) is 0.324. The van der Waals surface area contributed by atoms with Crippen molar-refractivity contribution in [2.24, 2.45) is 0 Å². The van der Waals surface area contributed by atoms with E-state index in [-0.39, 0.29) is 5.56 Å². The zero-order valence-electron chi connectivity index (χ0n) is 19.2. The van der Waals surface area contributed by atoms with E-state index in [4.69, 9.17) is 0 Å². The number of nitrogens with one attached hydrogen (secondary N) is 1. The minimum Gasteiger partial charge on any atom is -0.406 e. The Balaban J connectivity index is 1.74. The number of para-hydroxylation sites is 2. The van der Waals surface area contributed by atoms with E-state index >= 15 is 0 Å². The number of carbonyl (C=O) groups excluding carboxylic acids is 1. The van der Waals surface area contributed by atoms with Crippen molar-refractivity contribution in [3.8, 4) is 17.1 Å². The summed E-state index contributed by atoms with van der Waals surface area (Å²) in [5, 5.41) is 2.66. The Bertz CT molecular complexity index is 1600. The van der Waals surface area contributed by atoms with Crippen LogP contribution in [0.5, 0.6) is 5.75 Å². The number of carbonyl (C=O) groups is 1. The number of amides is 1. The Kier molecular flexibility index (Phi) is 7.20. The van der Waals surface area contributed by atoms with Crippen molar-refractivity contribution >= 4 is 42.7 Å². The predicted octanol–water partition coefficient (Wildman–Crippen LogP) is 5.25. The molecule has 0 bridgehead atoms. The Morgan fingerprint density at radius 1 is 1.05 bits per heavy atom. The highest BCUT2D eigenvalue weighted by molar-refractivity contribution is 9.10. The molecule has 0 saturated carbocycles. The van der Waals surface area contributed by atoms with E-state index in [2.05, 4.69) is 40.9 Å². The average Bonchev–Trinajstić information content (AvgIpc) is 2.82. The Morgan fingerprint density at radius 2 is 1.73 bits per heavy atom. The van der Waals surface area contributed by atoms with Crippen LogP contribution in [0.3, 0.4) is 0 Å². The first-order valence-corrected chi connectivity index (χ1v) is 13.3. The van der Waals surface area contributed by atoms with Crippen molar-refractivity contribution < 1.29 is 31.1 Å². The minimum absolute atomic E-state index is 0.342. The van der Waals surface area contributed by atoms with Crippen LogP contribution in [-0.2, 0) is 9.84 Å². The monoisotopic (exact) mass is 594 g/mol. The highest BCUT2D eigenvalue weighted by Gasteiger charge is 2.32. The van der Waals surface area contributed by atoms with E-state index in [1.54, 1.807) is 49.5 Å². The van der Waals surface area contributed by atoms with Gasteiger partial charge in [0.25, 0.3) is 5.91 Å². The largest absolute Gasteiger partial charge is 0.573 e. The van der Waals surface area contributed by atoms with Gasteiger partial charge in [-0.15, -0.1) is 13.2 Å². The Labute approximate surface area is 218 Å². The number of aromatic nitrogens is 3. The molecule has 1 atom stereocenters. The molecule has 8 nitrogen and oxygen atoms in total. The van der Waals surface area contributed by atoms with Crippen molar-refractivity contribution in [1.82, 2.24) is 20.3 Å².